The standard InChI is InChI=1S/C22H27N3O6S/c1-25(32(28,29)18-11-9-16(30-2)10-12-18)15-21(26)24-20-8-4-3-7-19(20)22(27)23-14-17-6-5-13-31-17/h3-4,7-12,17H,5-6,13-15H2,1-2H3,(H,23,27)(H,24,26). The average Bonchev–Trinajstić information content (AvgIpc) is 3.31. The van der Waals surface area contributed by atoms with Crippen LogP contribution in [0.3, 0.4) is 0 Å². The van der Waals surface area contributed by atoms with Crippen LogP contribution in [-0.4, -0.2) is 64.5 Å². The second-order valence-electron chi connectivity index (χ2n) is 7.38. The zero-order valence-corrected chi connectivity index (χ0v) is 18.9. The molecule has 0 aromatic heterocycles. The third kappa shape index (κ3) is 5.84. The van der Waals surface area contributed by atoms with Gasteiger partial charge in [-0.3, -0.25) is 9.59 Å². The molecular formula is C22H27N3O6S. The molecule has 1 aliphatic rings. The summed E-state index contributed by atoms with van der Waals surface area (Å²) in [4.78, 5) is 25.2. The summed E-state index contributed by atoms with van der Waals surface area (Å²) < 4.78 is 37.0. The summed E-state index contributed by atoms with van der Waals surface area (Å²) in [5.74, 6) is -0.377. The van der Waals surface area contributed by atoms with Crippen molar-refractivity contribution < 1.29 is 27.5 Å². The number of nitrogens with one attached hydrogen (secondary N) is 2. The van der Waals surface area contributed by atoms with Gasteiger partial charge >= 0.3 is 0 Å². The summed E-state index contributed by atoms with van der Waals surface area (Å²) in [7, 11) is -1.07. The van der Waals surface area contributed by atoms with E-state index in [0.717, 1.165) is 17.1 Å². The van der Waals surface area contributed by atoms with Crippen molar-refractivity contribution in [2.24, 2.45) is 0 Å². The maximum Gasteiger partial charge on any atom is 0.253 e. The number of nitrogens with zero attached hydrogens (tertiary/aromatic N) is 1. The van der Waals surface area contributed by atoms with Crippen molar-refractivity contribution in [2.75, 3.05) is 39.2 Å². The highest BCUT2D eigenvalue weighted by Crippen LogP contribution is 2.19. The largest absolute Gasteiger partial charge is 0.497 e. The first-order valence-electron chi connectivity index (χ1n) is 10.2. The summed E-state index contributed by atoms with van der Waals surface area (Å²) in [5, 5.41) is 5.45. The molecule has 1 heterocycles. The van der Waals surface area contributed by atoms with Gasteiger partial charge in [-0.15, -0.1) is 0 Å². The Morgan fingerprint density at radius 2 is 1.88 bits per heavy atom. The number of hydrogen-bond acceptors (Lipinski definition) is 6. The number of sulfonamides is 1. The Balaban J connectivity index is 1.63. The second-order valence-corrected chi connectivity index (χ2v) is 9.42. The van der Waals surface area contributed by atoms with Crippen LogP contribution in [-0.2, 0) is 19.6 Å². The van der Waals surface area contributed by atoms with Crippen molar-refractivity contribution in [3.8, 4) is 5.75 Å². The Morgan fingerprint density at radius 3 is 2.53 bits per heavy atom. The van der Waals surface area contributed by atoms with E-state index < -0.39 is 22.5 Å². The average molecular weight is 462 g/mol. The van der Waals surface area contributed by atoms with Crippen molar-refractivity contribution in [1.82, 2.24) is 9.62 Å². The number of hydrogen-bond donors (Lipinski definition) is 2. The fourth-order valence-corrected chi connectivity index (χ4v) is 4.43. The summed E-state index contributed by atoms with van der Waals surface area (Å²) in [6.45, 7) is 0.671. The van der Waals surface area contributed by atoms with Crippen LogP contribution in [0.15, 0.2) is 53.4 Å². The Kier molecular flexibility index (Phi) is 7.84. The Bertz CT molecular complexity index is 1050. The summed E-state index contributed by atoms with van der Waals surface area (Å²) in [6, 6.07) is 12.5. The van der Waals surface area contributed by atoms with Gasteiger partial charge in [-0.2, -0.15) is 4.31 Å². The molecule has 0 spiro atoms. The van der Waals surface area contributed by atoms with Gasteiger partial charge in [0, 0.05) is 20.2 Å². The highest BCUT2D eigenvalue weighted by atomic mass is 32.2. The van der Waals surface area contributed by atoms with Crippen molar-refractivity contribution in [1.29, 1.82) is 0 Å². The molecule has 10 heteroatoms. The van der Waals surface area contributed by atoms with Gasteiger partial charge in [-0.05, 0) is 49.2 Å². The lowest BCUT2D eigenvalue weighted by Gasteiger charge is -2.18. The van der Waals surface area contributed by atoms with Crippen molar-refractivity contribution in [3.05, 3.63) is 54.1 Å². The molecule has 0 radical (unpaired) electrons. The molecule has 1 atom stereocenters. The van der Waals surface area contributed by atoms with E-state index in [9.17, 15) is 18.0 Å². The molecule has 1 saturated heterocycles. The zero-order valence-electron chi connectivity index (χ0n) is 18.0. The number of carbonyl (C=O) groups excluding carboxylic acids is 2. The monoisotopic (exact) mass is 461 g/mol. The molecule has 1 unspecified atom stereocenters. The quantitative estimate of drug-likeness (QED) is 0.589. The molecule has 2 amide bonds. The molecule has 9 nitrogen and oxygen atoms in total. The number of carbonyl (C=O) groups is 2. The first kappa shape index (κ1) is 23.7. The van der Waals surface area contributed by atoms with Crippen LogP contribution in [0.1, 0.15) is 23.2 Å². The first-order valence-corrected chi connectivity index (χ1v) is 11.6. The maximum atomic E-state index is 12.7. The molecule has 0 bridgehead atoms. The summed E-state index contributed by atoms with van der Waals surface area (Å²) in [5.41, 5.74) is 0.595. The fraction of sp³-hybridized carbons (Fsp3) is 0.364. The van der Waals surface area contributed by atoms with Gasteiger partial charge in [0.1, 0.15) is 5.75 Å². The van der Waals surface area contributed by atoms with Crippen LogP contribution >= 0.6 is 0 Å². The molecule has 172 valence electrons. The van der Waals surface area contributed by atoms with Crippen molar-refractivity contribution >= 4 is 27.5 Å². The van der Waals surface area contributed by atoms with Gasteiger partial charge in [0.05, 0.1) is 35.9 Å². The normalized spacial score (nSPS) is 16.0. The summed E-state index contributed by atoms with van der Waals surface area (Å²) in [6.07, 6.45) is 1.87. The van der Waals surface area contributed by atoms with Crippen LogP contribution in [0.25, 0.3) is 0 Å². The Morgan fingerprint density at radius 1 is 1.16 bits per heavy atom. The van der Waals surface area contributed by atoms with E-state index >= 15 is 0 Å². The van der Waals surface area contributed by atoms with Crippen molar-refractivity contribution in [3.63, 3.8) is 0 Å². The topological polar surface area (TPSA) is 114 Å². The lowest BCUT2D eigenvalue weighted by Crippen LogP contribution is -2.36. The third-order valence-electron chi connectivity index (χ3n) is 5.09. The third-order valence-corrected chi connectivity index (χ3v) is 6.91. The SMILES string of the molecule is COc1ccc(S(=O)(=O)N(C)CC(=O)Nc2ccccc2C(=O)NCC2CCCO2)cc1. The van der Waals surface area contributed by atoms with Crippen LogP contribution in [0.2, 0.25) is 0 Å². The van der Waals surface area contributed by atoms with E-state index in [1.165, 1.54) is 38.4 Å². The molecule has 1 aliphatic heterocycles. The number of amides is 2. The molecule has 0 saturated carbocycles. The number of benzene rings is 2. The molecule has 32 heavy (non-hydrogen) atoms. The van der Waals surface area contributed by atoms with Crippen LogP contribution in [0.4, 0.5) is 5.69 Å². The van der Waals surface area contributed by atoms with E-state index in [2.05, 4.69) is 10.6 Å². The highest BCUT2D eigenvalue weighted by Gasteiger charge is 2.24. The molecule has 2 aromatic rings. The van der Waals surface area contributed by atoms with Crippen LogP contribution in [0.5, 0.6) is 5.75 Å². The zero-order chi connectivity index (χ0) is 23.1. The summed E-state index contributed by atoms with van der Waals surface area (Å²) >= 11 is 0. The predicted octanol–water partition coefficient (Wildman–Crippen LogP) is 1.86. The number of rotatable bonds is 9. The van der Waals surface area contributed by atoms with E-state index in [1.807, 2.05) is 0 Å². The minimum absolute atomic E-state index is 0.00230. The van der Waals surface area contributed by atoms with Gasteiger partial charge in [0.15, 0.2) is 0 Å². The maximum absolute atomic E-state index is 12.7. The number of anilines is 1. The van der Waals surface area contributed by atoms with Gasteiger partial charge in [-0.1, -0.05) is 12.1 Å². The highest BCUT2D eigenvalue weighted by molar-refractivity contribution is 7.89. The molecule has 1 fully saturated rings. The van der Waals surface area contributed by atoms with Crippen LogP contribution < -0.4 is 15.4 Å². The first-order chi connectivity index (χ1) is 15.3. The molecular weight excluding hydrogens is 434 g/mol. The molecule has 2 N–H and O–H groups in total. The Labute approximate surface area is 187 Å². The number of para-hydroxylation sites is 1. The fourth-order valence-electron chi connectivity index (χ4n) is 3.30. The number of methoxy groups -OCH3 is 1. The van der Waals surface area contributed by atoms with Gasteiger partial charge in [0.2, 0.25) is 15.9 Å². The van der Waals surface area contributed by atoms with E-state index in [0.29, 0.717) is 30.2 Å². The smallest absolute Gasteiger partial charge is 0.253 e. The Hall–Kier alpha value is -2.95. The minimum Gasteiger partial charge on any atom is -0.497 e. The van der Waals surface area contributed by atoms with Crippen molar-refractivity contribution in [2.45, 2.75) is 23.8 Å². The van der Waals surface area contributed by atoms with Gasteiger partial charge in [0.25, 0.3) is 5.91 Å². The number of likely N-dealkylation sites (N-methyl/N-ethyl adjacent to an activating group) is 1. The predicted molar refractivity (Wildman–Crippen MR) is 119 cm³/mol. The van der Waals surface area contributed by atoms with Gasteiger partial charge in [-0.25, -0.2) is 8.42 Å². The second kappa shape index (κ2) is 10.6. The van der Waals surface area contributed by atoms with E-state index in [1.54, 1.807) is 24.3 Å². The van der Waals surface area contributed by atoms with E-state index in [-0.39, 0.29) is 16.9 Å². The lowest BCUT2D eigenvalue weighted by atomic mass is 10.1. The lowest BCUT2D eigenvalue weighted by molar-refractivity contribution is -0.116. The molecule has 2 aromatic carbocycles. The number of ether oxygens (including phenoxy) is 2. The van der Waals surface area contributed by atoms with E-state index in [4.69, 9.17) is 9.47 Å². The molecule has 3 rings (SSSR count). The molecule has 0 aliphatic carbocycles. The minimum atomic E-state index is -3.87. The van der Waals surface area contributed by atoms with Gasteiger partial charge < -0.3 is 20.1 Å². The van der Waals surface area contributed by atoms with Crippen LogP contribution in [0, 0.1) is 0 Å².